The lowest BCUT2D eigenvalue weighted by Gasteiger charge is -2.40. The average molecular weight is 254 g/mol. The highest BCUT2D eigenvalue weighted by atomic mass is 16.3. The molecule has 2 fully saturated rings. The van der Waals surface area contributed by atoms with Crippen LogP contribution in [0.2, 0.25) is 0 Å². The molecular formula is C15H30N2O. The molecule has 3 unspecified atom stereocenters. The molecule has 2 aliphatic rings. The summed E-state index contributed by atoms with van der Waals surface area (Å²) in [6.07, 6.45) is 6.63. The minimum Gasteiger partial charge on any atom is -0.395 e. The van der Waals surface area contributed by atoms with Gasteiger partial charge in [-0.05, 0) is 50.5 Å². The van der Waals surface area contributed by atoms with Crippen molar-refractivity contribution in [1.29, 1.82) is 0 Å². The molecule has 106 valence electrons. The van der Waals surface area contributed by atoms with Crippen LogP contribution in [0.4, 0.5) is 0 Å². The quantitative estimate of drug-likeness (QED) is 0.786. The Bertz CT molecular complexity index is 231. The standard InChI is InChI=1S/C15H30N2O/c1-12-8-13(2)10-15(9-12)17(6-7-18)11-14-4-3-5-16-14/h12-16,18H,3-11H2,1-2H3. The Morgan fingerprint density at radius 3 is 2.44 bits per heavy atom. The molecule has 1 aliphatic carbocycles. The van der Waals surface area contributed by atoms with E-state index in [0.717, 1.165) is 24.9 Å². The van der Waals surface area contributed by atoms with E-state index < -0.39 is 0 Å². The van der Waals surface area contributed by atoms with E-state index in [1.54, 1.807) is 0 Å². The van der Waals surface area contributed by atoms with Crippen molar-refractivity contribution in [2.75, 3.05) is 26.2 Å². The Labute approximate surface area is 112 Å². The van der Waals surface area contributed by atoms with Gasteiger partial charge in [0.2, 0.25) is 0 Å². The van der Waals surface area contributed by atoms with Crippen LogP contribution in [0.5, 0.6) is 0 Å². The zero-order chi connectivity index (χ0) is 13.0. The van der Waals surface area contributed by atoms with Gasteiger partial charge in [-0.3, -0.25) is 4.90 Å². The molecule has 0 aromatic rings. The first-order chi connectivity index (χ1) is 8.69. The number of hydrogen-bond donors (Lipinski definition) is 2. The minimum atomic E-state index is 0.298. The SMILES string of the molecule is CC1CC(C)CC(N(CCO)CC2CCCN2)C1. The fourth-order valence-corrected chi connectivity index (χ4v) is 3.95. The lowest BCUT2D eigenvalue weighted by molar-refractivity contribution is 0.0830. The fourth-order valence-electron chi connectivity index (χ4n) is 3.95. The lowest BCUT2D eigenvalue weighted by Crippen LogP contribution is -2.47. The summed E-state index contributed by atoms with van der Waals surface area (Å²) in [5.41, 5.74) is 0. The highest BCUT2D eigenvalue weighted by Gasteiger charge is 2.29. The van der Waals surface area contributed by atoms with E-state index in [4.69, 9.17) is 0 Å². The van der Waals surface area contributed by atoms with Crippen molar-refractivity contribution in [1.82, 2.24) is 10.2 Å². The van der Waals surface area contributed by atoms with Gasteiger partial charge in [0.15, 0.2) is 0 Å². The smallest absolute Gasteiger partial charge is 0.0558 e. The van der Waals surface area contributed by atoms with Crippen LogP contribution in [0.15, 0.2) is 0 Å². The fraction of sp³-hybridized carbons (Fsp3) is 1.00. The molecule has 0 amide bonds. The van der Waals surface area contributed by atoms with E-state index >= 15 is 0 Å². The maximum Gasteiger partial charge on any atom is 0.0558 e. The normalized spacial score (nSPS) is 37.3. The summed E-state index contributed by atoms with van der Waals surface area (Å²) < 4.78 is 0. The van der Waals surface area contributed by atoms with E-state index in [9.17, 15) is 5.11 Å². The highest BCUT2D eigenvalue weighted by molar-refractivity contribution is 4.86. The van der Waals surface area contributed by atoms with Crippen molar-refractivity contribution in [3.05, 3.63) is 0 Å². The maximum atomic E-state index is 9.31. The molecule has 3 heteroatoms. The predicted octanol–water partition coefficient (Wildman–Crippen LogP) is 1.86. The summed E-state index contributed by atoms with van der Waals surface area (Å²) >= 11 is 0. The average Bonchev–Trinajstić information content (AvgIpc) is 2.80. The molecule has 3 atom stereocenters. The first-order valence-electron chi connectivity index (χ1n) is 7.77. The topological polar surface area (TPSA) is 35.5 Å². The predicted molar refractivity (Wildman–Crippen MR) is 75.7 cm³/mol. The number of nitrogens with one attached hydrogen (secondary N) is 1. The lowest BCUT2D eigenvalue weighted by atomic mass is 9.79. The van der Waals surface area contributed by atoms with Crippen molar-refractivity contribution in [2.24, 2.45) is 11.8 Å². The third-order valence-electron chi connectivity index (χ3n) is 4.67. The Balaban J connectivity index is 1.90. The summed E-state index contributed by atoms with van der Waals surface area (Å²) in [4.78, 5) is 2.55. The third-order valence-corrected chi connectivity index (χ3v) is 4.67. The van der Waals surface area contributed by atoms with E-state index in [1.807, 2.05) is 0 Å². The molecule has 1 saturated heterocycles. The molecule has 2 N–H and O–H groups in total. The first-order valence-corrected chi connectivity index (χ1v) is 7.77. The molecule has 0 spiro atoms. The van der Waals surface area contributed by atoms with E-state index in [1.165, 1.54) is 38.6 Å². The molecule has 18 heavy (non-hydrogen) atoms. The molecule has 1 saturated carbocycles. The second kappa shape index (κ2) is 6.88. The Kier molecular flexibility index (Phi) is 5.46. The highest BCUT2D eigenvalue weighted by Crippen LogP contribution is 2.31. The summed E-state index contributed by atoms with van der Waals surface area (Å²) in [6, 6.07) is 1.35. The van der Waals surface area contributed by atoms with Crippen molar-refractivity contribution in [3.63, 3.8) is 0 Å². The van der Waals surface area contributed by atoms with Crippen molar-refractivity contribution < 1.29 is 5.11 Å². The van der Waals surface area contributed by atoms with Crippen LogP contribution in [-0.2, 0) is 0 Å². The van der Waals surface area contributed by atoms with E-state index in [2.05, 4.69) is 24.1 Å². The van der Waals surface area contributed by atoms with Crippen LogP contribution in [-0.4, -0.2) is 48.3 Å². The monoisotopic (exact) mass is 254 g/mol. The van der Waals surface area contributed by atoms with Crippen molar-refractivity contribution >= 4 is 0 Å². The first kappa shape index (κ1) is 14.3. The number of hydrogen-bond acceptors (Lipinski definition) is 3. The van der Waals surface area contributed by atoms with Gasteiger partial charge in [0, 0.05) is 25.2 Å². The molecule has 3 nitrogen and oxygen atoms in total. The summed E-state index contributed by atoms with van der Waals surface area (Å²) in [6.45, 7) is 8.22. The van der Waals surface area contributed by atoms with Gasteiger partial charge in [-0.25, -0.2) is 0 Å². The van der Waals surface area contributed by atoms with Crippen LogP contribution in [0.3, 0.4) is 0 Å². The van der Waals surface area contributed by atoms with Crippen LogP contribution in [0.1, 0.15) is 46.0 Å². The Hall–Kier alpha value is -0.120. The number of nitrogens with zero attached hydrogens (tertiary/aromatic N) is 1. The van der Waals surface area contributed by atoms with E-state index in [-0.39, 0.29) is 0 Å². The van der Waals surface area contributed by atoms with Crippen LogP contribution >= 0.6 is 0 Å². The van der Waals surface area contributed by atoms with Gasteiger partial charge in [-0.1, -0.05) is 13.8 Å². The van der Waals surface area contributed by atoms with Gasteiger partial charge in [0.25, 0.3) is 0 Å². The number of aliphatic hydroxyl groups excluding tert-OH is 1. The molecule has 0 radical (unpaired) electrons. The summed E-state index contributed by atoms with van der Waals surface area (Å²) in [5.74, 6) is 1.69. The molecule has 0 aromatic carbocycles. The number of aliphatic hydroxyl groups is 1. The minimum absolute atomic E-state index is 0.298. The zero-order valence-electron chi connectivity index (χ0n) is 12.1. The molecule has 2 rings (SSSR count). The molecule has 1 aliphatic heterocycles. The van der Waals surface area contributed by atoms with Crippen LogP contribution < -0.4 is 5.32 Å². The Morgan fingerprint density at radius 1 is 1.17 bits per heavy atom. The van der Waals surface area contributed by atoms with Gasteiger partial charge >= 0.3 is 0 Å². The Morgan fingerprint density at radius 2 is 1.89 bits per heavy atom. The molecule has 0 bridgehead atoms. The molecular weight excluding hydrogens is 224 g/mol. The van der Waals surface area contributed by atoms with Crippen LogP contribution in [0.25, 0.3) is 0 Å². The summed E-state index contributed by atoms with van der Waals surface area (Å²) in [5, 5.41) is 12.9. The number of rotatable bonds is 5. The second-order valence-electron chi connectivity index (χ2n) is 6.58. The molecule has 0 aromatic heterocycles. The van der Waals surface area contributed by atoms with Crippen LogP contribution in [0, 0.1) is 11.8 Å². The van der Waals surface area contributed by atoms with Crippen molar-refractivity contribution in [2.45, 2.75) is 58.0 Å². The summed E-state index contributed by atoms with van der Waals surface area (Å²) in [7, 11) is 0. The van der Waals surface area contributed by atoms with E-state index in [0.29, 0.717) is 18.7 Å². The maximum absolute atomic E-state index is 9.31. The second-order valence-corrected chi connectivity index (χ2v) is 6.58. The largest absolute Gasteiger partial charge is 0.395 e. The van der Waals surface area contributed by atoms with Gasteiger partial charge in [-0.2, -0.15) is 0 Å². The third kappa shape index (κ3) is 3.94. The van der Waals surface area contributed by atoms with Gasteiger partial charge in [-0.15, -0.1) is 0 Å². The van der Waals surface area contributed by atoms with Gasteiger partial charge in [0.05, 0.1) is 6.61 Å². The van der Waals surface area contributed by atoms with Gasteiger partial charge < -0.3 is 10.4 Å². The molecule has 1 heterocycles. The van der Waals surface area contributed by atoms with Gasteiger partial charge in [0.1, 0.15) is 0 Å². The van der Waals surface area contributed by atoms with Crippen molar-refractivity contribution in [3.8, 4) is 0 Å². The zero-order valence-corrected chi connectivity index (χ0v) is 12.1.